The molecule has 75 heavy (non-hydrogen) atoms. The van der Waals surface area contributed by atoms with E-state index in [-0.39, 0.29) is 23.1 Å². The molecule has 2 aliphatic carbocycles. The molecule has 0 spiro atoms. The van der Waals surface area contributed by atoms with Crippen LogP contribution in [0.5, 0.6) is 0 Å². The van der Waals surface area contributed by atoms with Crippen molar-refractivity contribution in [3.8, 4) is 33.4 Å². The number of rotatable bonds is 3. The number of benzene rings is 10. The molecular weight excluding hydrogens is 912 g/mol. The Balaban J connectivity index is 1.06. The van der Waals surface area contributed by atoms with Crippen molar-refractivity contribution < 1.29 is 8.83 Å². The lowest BCUT2D eigenvalue weighted by atomic mass is 9.43. The fraction of sp³-hybridized carbons (Fsp3) is 0.171. The Kier molecular flexibility index (Phi) is 8.48. The number of aryl methyl sites for hydroxylation is 1. The van der Waals surface area contributed by atoms with Crippen molar-refractivity contribution in [2.24, 2.45) is 0 Å². The minimum Gasteiger partial charge on any atom is -0.456 e. The summed E-state index contributed by atoms with van der Waals surface area (Å²) in [5.41, 5.74) is 25.8. The van der Waals surface area contributed by atoms with E-state index in [1.54, 1.807) is 0 Å². The van der Waals surface area contributed by atoms with Gasteiger partial charge in [-0.15, -0.1) is 0 Å². The predicted molar refractivity (Wildman–Crippen MR) is 315 cm³/mol. The molecule has 0 atom stereocenters. The maximum Gasteiger partial charge on any atom is 0.333 e. The van der Waals surface area contributed by atoms with Gasteiger partial charge < -0.3 is 18.5 Å². The second-order valence-corrected chi connectivity index (χ2v) is 23.9. The van der Waals surface area contributed by atoms with E-state index in [9.17, 15) is 0 Å². The number of nitrogens with zero attached hydrogens (tertiary/aromatic N) is 2. The Morgan fingerprint density at radius 3 is 1.95 bits per heavy atom. The highest BCUT2D eigenvalue weighted by Gasteiger charge is 2.48. The van der Waals surface area contributed by atoms with Crippen LogP contribution in [0.15, 0.2) is 191 Å². The van der Waals surface area contributed by atoms with Crippen molar-refractivity contribution in [2.45, 2.75) is 77.6 Å². The smallest absolute Gasteiger partial charge is 0.333 e. The quantitative estimate of drug-likeness (QED) is 0.165. The van der Waals surface area contributed by atoms with Crippen LogP contribution in [0.2, 0.25) is 0 Å². The largest absolute Gasteiger partial charge is 0.456 e. The van der Waals surface area contributed by atoms with Gasteiger partial charge in [0.05, 0.1) is 0 Å². The maximum atomic E-state index is 7.23. The first-order valence-electron chi connectivity index (χ1n) is 26.9. The number of hydrogen-bond donors (Lipinski definition) is 0. The van der Waals surface area contributed by atoms with Gasteiger partial charge in [0.15, 0.2) is 0 Å². The van der Waals surface area contributed by atoms with Gasteiger partial charge in [-0.3, -0.25) is 0 Å². The van der Waals surface area contributed by atoms with E-state index in [1.165, 1.54) is 82.7 Å². The molecule has 360 valence electrons. The third kappa shape index (κ3) is 5.84. The summed E-state index contributed by atoms with van der Waals surface area (Å²) in [4.78, 5) is 5.25. The van der Waals surface area contributed by atoms with Crippen molar-refractivity contribution >= 4 is 101 Å². The first-order chi connectivity index (χ1) is 36.3. The normalized spacial score (nSPS) is 16.3. The average Bonchev–Trinajstić information content (AvgIpc) is 4.06. The molecule has 5 heteroatoms. The Labute approximate surface area is 437 Å². The number of hydrogen-bond acceptors (Lipinski definition) is 4. The molecule has 0 unspecified atom stereocenters. The SMILES string of the molecule is Cc1cc(-c2ccccc2)ccc1N1c2cc3oc4cc5c(cc4c3cc2B2c3c1cc1c(oc4ccccc41)c3-c1cc3ccccc3cc1N2c1ccc2c(c1)C(C)(C)c1ccccc1-2)C(C)(C)CCC5(C)C. The van der Waals surface area contributed by atoms with Crippen LogP contribution < -0.4 is 20.6 Å². The van der Waals surface area contributed by atoms with E-state index in [0.717, 1.165) is 85.3 Å². The predicted octanol–water partition coefficient (Wildman–Crippen LogP) is 18.0. The third-order valence-electron chi connectivity index (χ3n) is 18.4. The van der Waals surface area contributed by atoms with E-state index < -0.39 is 0 Å². The molecule has 16 rings (SSSR count). The summed E-state index contributed by atoms with van der Waals surface area (Å²) in [5, 5.41) is 6.94. The summed E-state index contributed by atoms with van der Waals surface area (Å²) < 4.78 is 14.4. The van der Waals surface area contributed by atoms with E-state index in [2.05, 4.69) is 240 Å². The van der Waals surface area contributed by atoms with Crippen LogP contribution in [0.1, 0.15) is 82.2 Å². The van der Waals surface area contributed by atoms with Gasteiger partial charge in [0.25, 0.3) is 0 Å². The first-order valence-corrected chi connectivity index (χ1v) is 26.9. The van der Waals surface area contributed by atoms with Crippen LogP contribution in [0.3, 0.4) is 0 Å². The zero-order valence-electron chi connectivity index (χ0n) is 43.5. The van der Waals surface area contributed by atoms with Crippen LogP contribution in [-0.4, -0.2) is 6.85 Å². The molecule has 0 saturated heterocycles. The van der Waals surface area contributed by atoms with E-state index in [4.69, 9.17) is 8.83 Å². The molecule has 0 fully saturated rings. The van der Waals surface area contributed by atoms with Gasteiger partial charge in [-0.05, 0) is 163 Å². The van der Waals surface area contributed by atoms with Gasteiger partial charge in [-0.2, -0.15) is 0 Å². The average molecular weight is 967 g/mol. The Hall–Kier alpha value is -8.28. The van der Waals surface area contributed by atoms with Gasteiger partial charge in [-0.25, -0.2) is 0 Å². The van der Waals surface area contributed by atoms with Crippen molar-refractivity contribution in [3.05, 3.63) is 210 Å². The Morgan fingerprint density at radius 2 is 1.13 bits per heavy atom. The van der Waals surface area contributed by atoms with Gasteiger partial charge in [0.1, 0.15) is 22.3 Å². The monoisotopic (exact) mass is 966 g/mol. The van der Waals surface area contributed by atoms with Crippen LogP contribution >= 0.6 is 0 Å². The second-order valence-electron chi connectivity index (χ2n) is 23.9. The highest BCUT2D eigenvalue weighted by molar-refractivity contribution is 6.94. The van der Waals surface area contributed by atoms with Crippen LogP contribution in [0.25, 0.3) is 88.0 Å². The van der Waals surface area contributed by atoms with Crippen molar-refractivity contribution in [1.29, 1.82) is 0 Å². The number of furan rings is 2. The highest BCUT2D eigenvalue weighted by Crippen LogP contribution is 2.56. The summed E-state index contributed by atoms with van der Waals surface area (Å²) in [6.45, 7) is 16.5. The van der Waals surface area contributed by atoms with Crippen LogP contribution in [0, 0.1) is 6.92 Å². The van der Waals surface area contributed by atoms with Gasteiger partial charge >= 0.3 is 6.85 Å². The number of fused-ring (bicyclic) bond motifs is 16. The molecule has 4 nitrogen and oxygen atoms in total. The second kappa shape index (κ2) is 14.7. The summed E-state index contributed by atoms with van der Waals surface area (Å²) in [6.07, 6.45) is 2.29. The molecule has 0 amide bonds. The van der Waals surface area contributed by atoms with Gasteiger partial charge in [0, 0.05) is 72.6 Å². The molecule has 0 bridgehead atoms. The summed E-state index contributed by atoms with van der Waals surface area (Å²) in [7, 11) is 0. The van der Waals surface area contributed by atoms with Gasteiger partial charge in [0.2, 0.25) is 0 Å². The topological polar surface area (TPSA) is 32.8 Å². The molecular formula is C70H55BN2O2. The minimum atomic E-state index is -0.260. The molecule has 10 aromatic carbocycles. The highest BCUT2D eigenvalue weighted by atomic mass is 16.3. The molecule has 0 saturated carbocycles. The molecule has 4 aliphatic rings. The lowest BCUT2D eigenvalue weighted by molar-refractivity contribution is 0.332. The molecule has 2 aliphatic heterocycles. The van der Waals surface area contributed by atoms with E-state index in [1.807, 2.05) is 0 Å². The standard InChI is InChI=1S/C70H55BN2O2/c1-40-31-44(41-17-9-8-10-18-41)25-28-58(40)72-60-39-64-50(49-35-55-56(38-63(49)74-64)69(4,5)30-29-68(55,2)3)36-57(60)71-66-61(72)37-51-48-22-14-16-24-62(48)75-67(51)65(66)52-32-42-19-11-12-20-43(42)33-59(52)73(71)45-26-27-47-46-21-13-15-23-53(46)70(6,7)54(47)34-45/h8-28,31-39H,29-30H2,1-7H3. The Bertz CT molecular complexity index is 4490. The van der Waals surface area contributed by atoms with Crippen LogP contribution in [0.4, 0.5) is 28.4 Å². The van der Waals surface area contributed by atoms with E-state index in [0.29, 0.717) is 0 Å². The fourth-order valence-electron chi connectivity index (χ4n) is 14.3. The summed E-state index contributed by atoms with van der Waals surface area (Å²) in [5.74, 6) is 0. The third-order valence-corrected chi connectivity index (χ3v) is 18.4. The summed E-state index contributed by atoms with van der Waals surface area (Å²) in [6, 6.07) is 68.6. The lowest BCUT2D eigenvalue weighted by Gasteiger charge is -2.46. The molecule has 4 heterocycles. The zero-order chi connectivity index (χ0) is 50.4. The van der Waals surface area contributed by atoms with Crippen molar-refractivity contribution in [2.75, 3.05) is 9.71 Å². The summed E-state index contributed by atoms with van der Waals surface area (Å²) >= 11 is 0. The van der Waals surface area contributed by atoms with Gasteiger partial charge in [-0.1, -0.05) is 157 Å². The fourth-order valence-corrected chi connectivity index (χ4v) is 14.3. The first kappa shape index (κ1) is 43.2. The molecule has 12 aromatic rings. The number of para-hydroxylation sites is 1. The molecule has 0 radical (unpaired) electrons. The molecule has 2 aromatic heterocycles. The Morgan fingerprint density at radius 1 is 0.440 bits per heavy atom. The van der Waals surface area contributed by atoms with Crippen molar-refractivity contribution in [1.82, 2.24) is 0 Å². The zero-order valence-corrected chi connectivity index (χ0v) is 43.5. The van der Waals surface area contributed by atoms with E-state index >= 15 is 0 Å². The number of anilines is 5. The maximum absolute atomic E-state index is 7.23. The lowest BCUT2D eigenvalue weighted by Crippen LogP contribution is -2.61. The van der Waals surface area contributed by atoms with Crippen LogP contribution in [-0.2, 0) is 16.2 Å². The van der Waals surface area contributed by atoms with Crippen molar-refractivity contribution in [3.63, 3.8) is 0 Å². The molecule has 0 N–H and O–H groups in total. The minimum absolute atomic E-state index is 0.0382.